The first-order valence-corrected chi connectivity index (χ1v) is 11.6. The van der Waals surface area contributed by atoms with Gasteiger partial charge in [0.2, 0.25) is 0 Å². The minimum absolute atomic E-state index is 0.0915. The topological polar surface area (TPSA) is 109 Å². The van der Waals surface area contributed by atoms with E-state index in [1.54, 1.807) is 23.3 Å². The van der Waals surface area contributed by atoms with Gasteiger partial charge in [-0.05, 0) is 38.5 Å². The molecule has 11 heteroatoms. The van der Waals surface area contributed by atoms with Gasteiger partial charge < -0.3 is 14.8 Å². The van der Waals surface area contributed by atoms with Crippen LogP contribution in [0.15, 0.2) is 48.3 Å². The molecule has 1 saturated heterocycles. The predicted octanol–water partition coefficient (Wildman–Crippen LogP) is 2.21. The van der Waals surface area contributed by atoms with Crippen LogP contribution < -0.4 is 10.2 Å². The lowest BCUT2D eigenvalue weighted by molar-refractivity contribution is 0.382. The molecule has 0 unspecified atom stereocenters. The maximum Gasteiger partial charge on any atom is 0.262 e. The molecule has 0 radical (unpaired) electrons. The fourth-order valence-corrected chi connectivity index (χ4v) is 4.69. The molecule has 0 aromatic carbocycles. The monoisotopic (exact) mass is 442 g/mol. The summed E-state index contributed by atoms with van der Waals surface area (Å²) in [6.07, 6.45) is 6.39. The highest BCUT2D eigenvalue weighted by atomic mass is 32.2. The van der Waals surface area contributed by atoms with Gasteiger partial charge in [-0.2, -0.15) is 4.31 Å². The van der Waals surface area contributed by atoms with E-state index in [0.717, 1.165) is 11.4 Å². The predicted molar refractivity (Wildman–Crippen MR) is 118 cm³/mol. The second kappa shape index (κ2) is 8.60. The van der Waals surface area contributed by atoms with Crippen molar-refractivity contribution in [3.63, 3.8) is 0 Å². The van der Waals surface area contributed by atoms with Gasteiger partial charge in [0.25, 0.3) is 10.0 Å². The van der Waals surface area contributed by atoms with Gasteiger partial charge in [0.1, 0.15) is 23.8 Å². The molecule has 0 amide bonds. The molecule has 31 heavy (non-hydrogen) atoms. The molecule has 0 aliphatic carbocycles. The summed E-state index contributed by atoms with van der Waals surface area (Å²) >= 11 is 0. The summed E-state index contributed by atoms with van der Waals surface area (Å²) in [5.41, 5.74) is 1.10. The SMILES string of the molecule is Cc1ccnc(Nc2cc(N3CCN(S(=O)(=O)c4cn(C(C)C)cn4)CC3)ncn2)c1. The molecule has 4 heterocycles. The van der Waals surface area contributed by atoms with E-state index in [2.05, 4.69) is 30.2 Å². The Bertz CT molecular complexity index is 1150. The van der Waals surface area contributed by atoms with E-state index in [9.17, 15) is 8.42 Å². The zero-order valence-electron chi connectivity index (χ0n) is 17.8. The van der Waals surface area contributed by atoms with Gasteiger partial charge in [0.05, 0.1) is 6.33 Å². The largest absolute Gasteiger partial charge is 0.354 e. The van der Waals surface area contributed by atoms with Crippen LogP contribution >= 0.6 is 0 Å². The van der Waals surface area contributed by atoms with E-state index in [-0.39, 0.29) is 11.1 Å². The van der Waals surface area contributed by atoms with Crippen molar-refractivity contribution in [1.29, 1.82) is 0 Å². The first kappa shape index (κ1) is 21.2. The Labute approximate surface area is 182 Å². The number of nitrogens with zero attached hydrogens (tertiary/aromatic N) is 7. The van der Waals surface area contributed by atoms with Gasteiger partial charge >= 0.3 is 0 Å². The van der Waals surface area contributed by atoms with Gasteiger partial charge in [-0.1, -0.05) is 0 Å². The minimum atomic E-state index is -3.61. The number of sulfonamides is 1. The number of rotatable bonds is 6. The molecular weight excluding hydrogens is 416 g/mol. The fraction of sp³-hybridized carbons (Fsp3) is 0.400. The van der Waals surface area contributed by atoms with Crippen molar-refractivity contribution in [3.05, 3.63) is 48.8 Å². The molecule has 0 atom stereocenters. The lowest BCUT2D eigenvalue weighted by Crippen LogP contribution is -2.49. The Morgan fingerprint density at radius 2 is 1.74 bits per heavy atom. The van der Waals surface area contributed by atoms with Crippen LogP contribution in [0.4, 0.5) is 17.5 Å². The molecule has 3 aromatic rings. The number of anilines is 3. The third kappa shape index (κ3) is 4.67. The smallest absolute Gasteiger partial charge is 0.262 e. The van der Waals surface area contributed by atoms with Crippen molar-refractivity contribution in [1.82, 2.24) is 28.8 Å². The highest BCUT2D eigenvalue weighted by Crippen LogP contribution is 2.22. The normalized spacial score (nSPS) is 15.4. The number of hydrogen-bond donors (Lipinski definition) is 1. The first-order chi connectivity index (χ1) is 14.8. The lowest BCUT2D eigenvalue weighted by Gasteiger charge is -2.34. The van der Waals surface area contributed by atoms with Crippen molar-refractivity contribution < 1.29 is 8.42 Å². The summed E-state index contributed by atoms with van der Waals surface area (Å²) in [5, 5.41) is 3.28. The van der Waals surface area contributed by atoms with E-state index in [1.807, 2.05) is 39.0 Å². The Morgan fingerprint density at radius 1 is 1.00 bits per heavy atom. The Hall–Kier alpha value is -3.05. The molecule has 3 aromatic heterocycles. The highest BCUT2D eigenvalue weighted by Gasteiger charge is 2.30. The highest BCUT2D eigenvalue weighted by molar-refractivity contribution is 7.89. The summed E-state index contributed by atoms with van der Waals surface area (Å²) < 4.78 is 29.2. The van der Waals surface area contributed by atoms with Gasteiger partial charge in [0.15, 0.2) is 5.03 Å². The zero-order chi connectivity index (χ0) is 22.0. The van der Waals surface area contributed by atoms with Crippen LogP contribution in [-0.2, 0) is 10.0 Å². The number of aromatic nitrogens is 5. The van der Waals surface area contributed by atoms with E-state index >= 15 is 0 Å². The van der Waals surface area contributed by atoms with Crippen molar-refractivity contribution in [2.75, 3.05) is 36.4 Å². The van der Waals surface area contributed by atoms with Gasteiger partial charge in [-0.15, -0.1) is 0 Å². The van der Waals surface area contributed by atoms with Gasteiger partial charge in [-0.25, -0.2) is 28.4 Å². The summed E-state index contributed by atoms with van der Waals surface area (Å²) in [6, 6.07) is 5.87. The van der Waals surface area contributed by atoms with E-state index in [4.69, 9.17) is 0 Å². The van der Waals surface area contributed by atoms with Gasteiger partial charge in [-0.3, -0.25) is 0 Å². The lowest BCUT2D eigenvalue weighted by atomic mass is 10.3. The molecule has 164 valence electrons. The summed E-state index contributed by atoms with van der Waals surface area (Å²) in [7, 11) is -3.61. The summed E-state index contributed by atoms with van der Waals surface area (Å²) in [6.45, 7) is 7.76. The number of nitrogens with one attached hydrogen (secondary N) is 1. The van der Waals surface area contributed by atoms with Crippen molar-refractivity contribution in [2.45, 2.75) is 31.8 Å². The molecule has 0 saturated carbocycles. The zero-order valence-corrected chi connectivity index (χ0v) is 18.6. The van der Waals surface area contributed by atoms with Crippen LogP contribution in [0, 0.1) is 6.92 Å². The number of aryl methyl sites for hydroxylation is 1. The maximum atomic E-state index is 12.9. The van der Waals surface area contributed by atoms with Crippen LogP contribution in [0.1, 0.15) is 25.5 Å². The summed E-state index contributed by atoms with van der Waals surface area (Å²) in [5.74, 6) is 2.09. The van der Waals surface area contributed by atoms with Crippen LogP contribution in [0.25, 0.3) is 0 Å². The minimum Gasteiger partial charge on any atom is -0.354 e. The first-order valence-electron chi connectivity index (χ1n) is 10.1. The number of hydrogen-bond acceptors (Lipinski definition) is 8. The second-order valence-corrected chi connectivity index (χ2v) is 9.63. The van der Waals surface area contributed by atoms with Crippen LogP contribution in [0.5, 0.6) is 0 Å². The number of pyridine rings is 1. The third-order valence-corrected chi connectivity index (χ3v) is 6.95. The average Bonchev–Trinajstić information content (AvgIpc) is 3.26. The average molecular weight is 443 g/mol. The maximum absolute atomic E-state index is 12.9. The molecule has 1 fully saturated rings. The third-order valence-electron chi connectivity index (χ3n) is 5.17. The molecule has 10 nitrogen and oxygen atoms in total. The molecular formula is C20H26N8O2S. The Morgan fingerprint density at radius 3 is 2.42 bits per heavy atom. The van der Waals surface area contributed by atoms with Gasteiger partial charge in [0, 0.05) is 50.7 Å². The number of piperazine rings is 1. The molecule has 0 spiro atoms. The fourth-order valence-electron chi connectivity index (χ4n) is 3.35. The second-order valence-electron chi connectivity index (χ2n) is 7.75. The van der Waals surface area contributed by atoms with Crippen LogP contribution in [0.2, 0.25) is 0 Å². The standard InChI is InChI=1S/C20H26N8O2S/c1-15(2)27-12-20(24-14-27)31(29,30)28-8-6-26(7-9-28)19-11-18(22-13-23-19)25-17-10-16(3)4-5-21-17/h4-5,10-15H,6-9H2,1-3H3,(H,21,22,23,25). The van der Waals surface area contributed by atoms with Crippen LogP contribution in [0.3, 0.4) is 0 Å². The van der Waals surface area contributed by atoms with Crippen molar-refractivity contribution >= 4 is 27.5 Å². The molecule has 0 bridgehead atoms. The van der Waals surface area contributed by atoms with Crippen LogP contribution in [-0.4, -0.2) is 63.4 Å². The van der Waals surface area contributed by atoms with Crippen molar-refractivity contribution in [3.8, 4) is 0 Å². The molecule has 1 aliphatic heterocycles. The summed E-state index contributed by atoms with van der Waals surface area (Å²) in [4.78, 5) is 19.1. The number of imidazole rings is 1. The molecule has 1 N–H and O–H groups in total. The van der Waals surface area contributed by atoms with E-state index < -0.39 is 10.0 Å². The van der Waals surface area contributed by atoms with E-state index in [1.165, 1.54) is 10.6 Å². The van der Waals surface area contributed by atoms with Crippen molar-refractivity contribution in [2.24, 2.45) is 0 Å². The molecule has 1 aliphatic rings. The molecule has 4 rings (SSSR count). The quantitative estimate of drug-likeness (QED) is 0.619. The Balaban J connectivity index is 1.42. The van der Waals surface area contributed by atoms with E-state index in [0.29, 0.717) is 37.8 Å². The Kier molecular flexibility index (Phi) is 5.88.